The maximum absolute atomic E-state index is 11.2. The normalized spacial score (nSPS) is 16.8. The molecule has 2 N–H and O–H groups in total. The van der Waals surface area contributed by atoms with Crippen molar-refractivity contribution >= 4 is 29.0 Å². The lowest BCUT2D eigenvalue weighted by atomic mass is 9.70. The van der Waals surface area contributed by atoms with E-state index in [1.54, 1.807) is 11.3 Å². The second-order valence-corrected chi connectivity index (χ2v) is 9.65. The number of nitrogens with zero attached hydrogens (tertiary/aromatic N) is 2. The predicted molar refractivity (Wildman–Crippen MR) is 107 cm³/mol. The molecular formula is C20H23N3OS2. The number of carbonyl (C=O) groups excluding carboxylic acids is 1. The van der Waals surface area contributed by atoms with E-state index in [2.05, 4.69) is 32.9 Å². The SMILES string of the molecule is CC(C)(C)C1CCc2nc(SCC(N)=O)c(C#N)c(-c3cccs3)c2C1. The Hall–Kier alpha value is -1.84. The van der Waals surface area contributed by atoms with Crippen LogP contribution in [0.5, 0.6) is 0 Å². The zero-order valence-corrected chi connectivity index (χ0v) is 17.0. The third-order valence-corrected chi connectivity index (χ3v) is 6.87. The summed E-state index contributed by atoms with van der Waals surface area (Å²) in [5.74, 6) is 0.296. The van der Waals surface area contributed by atoms with Gasteiger partial charge in [0.25, 0.3) is 0 Å². The first-order chi connectivity index (χ1) is 12.3. The van der Waals surface area contributed by atoms with Gasteiger partial charge in [0.2, 0.25) is 5.91 Å². The third-order valence-electron chi connectivity index (χ3n) is 4.99. The van der Waals surface area contributed by atoms with Gasteiger partial charge in [-0.05, 0) is 47.6 Å². The minimum absolute atomic E-state index is 0.134. The molecule has 0 fully saturated rings. The van der Waals surface area contributed by atoms with Gasteiger partial charge in [-0.3, -0.25) is 4.79 Å². The lowest BCUT2D eigenvalue weighted by molar-refractivity contribution is -0.115. The number of nitriles is 1. The van der Waals surface area contributed by atoms with Gasteiger partial charge in [-0.2, -0.15) is 5.26 Å². The number of primary amides is 1. The second-order valence-electron chi connectivity index (χ2n) is 7.74. The van der Waals surface area contributed by atoms with E-state index in [-0.39, 0.29) is 11.2 Å². The van der Waals surface area contributed by atoms with Crippen LogP contribution in [0.1, 0.15) is 44.0 Å². The lowest BCUT2D eigenvalue weighted by Gasteiger charge is -2.35. The van der Waals surface area contributed by atoms with Gasteiger partial charge in [0.1, 0.15) is 11.1 Å². The van der Waals surface area contributed by atoms with E-state index in [0.717, 1.165) is 35.4 Å². The molecule has 0 spiro atoms. The number of amides is 1. The fraction of sp³-hybridized carbons (Fsp3) is 0.450. The first-order valence-corrected chi connectivity index (χ1v) is 10.6. The largest absolute Gasteiger partial charge is 0.369 e. The van der Waals surface area contributed by atoms with Crippen molar-refractivity contribution in [3.8, 4) is 16.5 Å². The number of thioether (sulfide) groups is 1. The summed E-state index contributed by atoms with van der Waals surface area (Å²) in [7, 11) is 0. The number of aryl methyl sites for hydroxylation is 1. The Morgan fingerprint density at radius 3 is 2.85 bits per heavy atom. The van der Waals surface area contributed by atoms with E-state index in [1.807, 2.05) is 11.4 Å². The number of fused-ring (bicyclic) bond motifs is 1. The van der Waals surface area contributed by atoms with Gasteiger partial charge in [-0.1, -0.05) is 38.6 Å². The molecule has 1 aliphatic carbocycles. The molecule has 2 aromatic heterocycles. The number of thiophene rings is 1. The van der Waals surface area contributed by atoms with Crippen molar-refractivity contribution in [1.29, 1.82) is 5.26 Å². The monoisotopic (exact) mass is 385 g/mol. The summed E-state index contributed by atoms with van der Waals surface area (Å²) in [5, 5.41) is 12.5. The average Bonchev–Trinajstić information content (AvgIpc) is 3.11. The molecule has 4 nitrogen and oxygen atoms in total. The van der Waals surface area contributed by atoms with E-state index in [1.165, 1.54) is 17.3 Å². The molecule has 6 heteroatoms. The quantitative estimate of drug-likeness (QED) is 0.791. The fourth-order valence-electron chi connectivity index (χ4n) is 3.51. The molecule has 0 aliphatic heterocycles. The third kappa shape index (κ3) is 3.79. The topological polar surface area (TPSA) is 79.8 Å². The minimum atomic E-state index is -0.399. The predicted octanol–water partition coefficient (Wildman–Crippen LogP) is 4.41. The summed E-state index contributed by atoms with van der Waals surface area (Å²) in [6.45, 7) is 6.84. The fourth-order valence-corrected chi connectivity index (χ4v) is 5.06. The summed E-state index contributed by atoms with van der Waals surface area (Å²) >= 11 is 2.91. The molecule has 136 valence electrons. The Labute approximate surface area is 162 Å². The maximum Gasteiger partial charge on any atom is 0.227 e. The highest BCUT2D eigenvalue weighted by Gasteiger charge is 2.33. The molecule has 0 bridgehead atoms. The van der Waals surface area contributed by atoms with Crippen LogP contribution in [-0.2, 0) is 17.6 Å². The number of pyridine rings is 1. The van der Waals surface area contributed by atoms with Crippen LogP contribution in [0.25, 0.3) is 10.4 Å². The van der Waals surface area contributed by atoms with Crippen LogP contribution in [0.4, 0.5) is 0 Å². The van der Waals surface area contributed by atoms with Crippen LogP contribution >= 0.6 is 23.1 Å². The molecular weight excluding hydrogens is 362 g/mol. The molecule has 2 aromatic rings. The van der Waals surface area contributed by atoms with Crippen molar-refractivity contribution in [2.45, 2.75) is 45.1 Å². The van der Waals surface area contributed by atoms with Crippen LogP contribution in [0.2, 0.25) is 0 Å². The van der Waals surface area contributed by atoms with Crippen LogP contribution in [0, 0.1) is 22.7 Å². The number of hydrogen-bond acceptors (Lipinski definition) is 5. The zero-order valence-electron chi connectivity index (χ0n) is 15.3. The first kappa shape index (κ1) is 18.9. The van der Waals surface area contributed by atoms with E-state index in [4.69, 9.17) is 10.7 Å². The molecule has 0 radical (unpaired) electrons. The Balaban J connectivity index is 2.16. The van der Waals surface area contributed by atoms with Crippen LogP contribution in [0.3, 0.4) is 0 Å². The summed E-state index contributed by atoms with van der Waals surface area (Å²) in [5.41, 5.74) is 9.38. The molecule has 1 unspecified atom stereocenters. The van der Waals surface area contributed by atoms with Crippen LogP contribution < -0.4 is 5.73 Å². The van der Waals surface area contributed by atoms with E-state index >= 15 is 0 Å². The van der Waals surface area contributed by atoms with Gasteiger partial charge >= 0.3 is 0 Å². The smallest absolute Gasteiger partial charge is 0.227 e. The van der Waals surface area contributed by atoms with Crippen molar-refractivity contribution in [1.82, 2.24) is 4.98 Å². The minimum Gasteiger partial charge on any atom is -0.369 e. The lowest BCUT2D eigenvalue weighted by Crippen LogP contribution is -2.28. The van der Waals surface area contributed by atoms with Gasteiger partial charge in [0.15, 0.2) is 0 Å². The highest BCUT2D eigenvalue weighted by Crippen LogP contribution is 2.44. The molecule has 1 aliphatic rings. The molecule has 0 aromatic carbocycles. The number of carbonyl (C=O) groups is 1. The summed E-state index contributed by atoms with van der Waals surface area (Å²) in [6, 6.07) is 6.42. The Bertz CT molecular complexity index is 861. The Kier molecular flexibility index (Phi) is 5.40. The number of hydrogen-bond donors (Lipinski definition) is 1. The molecule has 1 atom stereocenters. The molecule has 3 rings (SSSR count). The molecule has 2 heterocycles. The Morgan fingerprint density at radius 2 is 2.27 bits per heavy atom. The van der Waals surface area contributed by atoms with Crippen molar-refractivity contribution in [2.75, 3.05) is 5.75 Å². The summed E-state index contributed by atoms with van der Waals surface area (Å²) < 4.78 is 0. The van der Waals surface area contributed by atoms with Crippen molar-refractivity contribution < 1.29 is 4.79 Å². The standard InChI is InChI=1S/C20H23N3OS2/c1-20(2,3)12-6-7-15-13(9-12)18(16-5-4-8-25-16)14(10-21)19(23-15)26-11-17(22)24/h4-5,8,12H,6-7,9,11H2,1-3H3,(H2,22,24). The van der Waals surface area contributed by atoms with Gasteiger partial charge < -0.3 is 5.73 Å². The molecule has 0 saturated heterocycles. The highest BCUT2D eigenvalue weighted by atomic mass is 32.2. The van der Waals surface area contributed by atoms with E-state index in [9.17, 15) is 10.1 Å². The molecule has 26 heavy (non-hydrogen) atoms. The number of rotatable bonds is 4. The average molecular weight is 386 g/mol. The van der Waals surface area contributed by atoms with E-state index in [0.29, 0.717) is 16.5 Å². The highest BCUT2D eigenvalue weighted by molar-refractivity contribution is 8.00. The summed E-state index contributed by atoms with van der Waals surface area (Å²) in [4.78, 5) is 17.1. The van der Waals surface area contributed by atoms with Crippen molar-refractivity contribution in [2.24, 2.45) is 17.1 Å². The number of nitrogens with two attached hydrogens (primary N) is 1. The van der Waals surface area contributed by atoms with Crippen LogP contribution in [0.15, 0.2) is 22.5 Å². The zero-order chi connectivity index (χ0) is 18.9. The van der Waals surface area contributed by atoms with E-state index < -0.39 is 5.91 Å². The Morgan fingerprint density at radius 1 is 1.50 bits per heavy atom. The van der Waals surface area contributed by atoms with Gasteiger partial charge in [0, 0.05) is 16.1 Å². The van der Waals surface area contributed by atoms with Gasteiger partial charge in [-0.15, -0.1) is 11.3 Å². The van der Waals surface area contributed by atoms with Crippen molar-refractivity contribution in [3.63, 3.8) is 0 Å². The number of aromatic nitrogens is 1. The maximum atomic E-state index is 11.2. The molecule has 0 saturated carbocycles. The van der Waals surface area contributed by atoms with Gasteiger partial charge in [-0.25, -0.2) is 4.98 Å². The van der Waals surface area contributed by atoms with Gasteiger partial charge in [0.05, 0.1) is 11.3 Å². The van der Waals surface area contributed by atoms with Crippen LogP contribution in [-0.4, -0.2) is 16.6 Å². The molecule has 1 amide bonds. The second kappa shape index (κ2) is 7.42. The summed E-state index contributed by atoms with van der Waals surface area (Å²) in [6.07, 6.45) is 2.94. The first-order valence-electron chi connectivity index (χ1n) is 8.72. The van der Waals surface area contributed by atoms with Crippen molar-refractivity contribution in [3.05, 3.63) is 34.3 Å².